The van der Waals surface area contributed by atoms with Crippen LogP contribution in [0.25, 0.3) is 0 Å². The predicted octanol–water partition coefficient (Wildman–Crippen LogP) is 4.15. The molecule has 0 bridgehead atoms. The van der Waals surface area contributed by atoms with Crippen LogP contribution in [0, 0.1) is 0 Å². The molecule has 0 radical (unpaired) electrons. The number of halogens is 3. The first-order valence-corrected chi connectivity index (χ1v) is 8.70. The lowest BCUT2D eigenvalue weighted by Crippen LogP contribution is -2.36. The van der Waals surface area contributed by atoms with E-state index < -0.39 is 12.8 Å². The highest BCUT2D eigenvalue weighted by atomic mass is 19.4. The number of pyridine rings is 1. The Morgan fingerprint density at radius 2 is 2.07 bits per heavy atom. The molecule has 2 N–H and O–H groups in total. The fourth-order valence-electron chi connectivity index (χ4n) is 3.04. The fraction of sp³-hybridized carbons (Fsp3) is 0.400. The number of amides is 2. The van der Waals surface area contributed by atoms with Gasteiger partial charge < -0.3 is 20.1 Å². The molecule has 0 spiro atoms. The number of aryl methyl sites for hydroxylation is 1. The number of fused-ring (bicyclic) bond motifs is 1. The zero-order chi connectivity index (χ0) is 20.1. The second-order valence-electron chi connectivity index (χ2n) is 6.39. The highest BCUT2D eigenvalue weighted by Gasteiger charge is 2.28. The number of aromatic nitrogens is 1. The molecule has 0 saturated heterocycles. The number of urea groups is 1. The number of benzene rings is 1. The van der Waals surface area contributed by atoms with Crippen molar-refractivity contribution in [3.8, 4) is 11.6 Å². The van der Waals surface area contributed by atoms with E-state index in [2.05, 4.69) is 20.4 Å². The van der Waals surface area contributed by atoms with Crippen molar-refractivity contribution in [3.05, 3.63) is 53.2 Å². The monoisotopic (exact) mass is 411 g/mol. The number of hydrogen-bond donors (Lipinski definition) is 2. The Bertz CT molecular complexity index is 843. The molecule has 1 unspecified atom stereocenters. The zero-order valence-electron chi connectivity index (χ0n) is 15.2. The summed E-state index contributed by atoms with van der Waals surface area (Å²) in [5.74, 6) is 0.588. The third-order valence-corrected chi connectivity index (χ3v) is 4.37. The SMILES string of the molecule is C.COc1ccc2c(c1)C(NC(=O)NCc1ccnc(OCC(F)(F)F)c1)CC2. The van der Waals surface area contributed by atoms with E-state index >= 15 is 0 Å². The van der Waals surface area contributed by atoms with Gasteiger partial charge in [-0.25, -0.2) is 9.78 Å². The summed E-state index contributed by atoms with van der Waals surface area (Å²) in [5.41, 5.74) is 2.78. The number of hydrogen-bond acceptors (Lipinski definition) is 4. The Balaban J connectivity index is 0.00000300. The second kappa shape index (κ2) is 9.49. The summed E-state index contributed by atoms with van der Waals surface area (Å²) in [5, 5.41) is 5.61. The number of ether oxygens (including phenoxy) is 2. The van der Waals surface area contributed by atoms with E-state index in [0.717, 1.165) is 24.2 Å². The third-order valence-electron chi connectivity index (χ3n) is 4.37. The molecule has 158 valence electrons. The first kappa shape index (κ1) is 22.3. The summed E-state index contributed by atoms with van der Waals surface area (Å²) in [6.45, 7) is -1.28. The largest absolute Gasteiger partial charge is 0.497 e. The highest BCUT2D eigenvalue weighted by Crippen LogP contribution is 2.33. The van der Waals surface area contributed by atoms with Crippen molar-refractivity contribution < 1.29 is 27.4 Å². The zero-order valence-corrected chi connectivity index (χ0v) is 15.2. The molecular weight excluding hydrogens is 387 g/mol. The van der Waals surface area contributed by atoms with Crippen LogP contribution in [-0.4, -0.2) is 30.9 Å². The Morgan fingerprint density at radius 3 is 2.79 bits per heavy atom. The van der Waals surface area contributed by atoms with Gasteiger partial charge in [0.1, 0.15) is 5.75 Å². The Kier molecular flexibility index (Phi) is 7.30. The normalized spacial score (nSPS) is 15.1. The first-order chi connectivity index (χ1) is 13.3. The molecule has 1 aromatic carbocycles. The van der Waals surface area contributed by atoms with Gasteiger partial charge in [0.05, 0.1) is 13.2 Å². The lowest BCUT2D eigenvalue weighted by Gasteiger charge is -2.16. The summed E-state index contributed by atoms with van der Waals surface area (Å²) in [4.78, 5) is 16.0. The number of nitrogens with zero attached hydrogens (tertiary/aromatic N) is 1. The molecular formula is C20H24F3N3O3. The maximum atomic E-state index is 12.2. The van der Waals surface area contributed by atoms with Gasteiger partial charge in [-0.2, -0.15) is 13.2 Å². The van der Waals surface area contributed by atoms with Gasteiger partial charge in [0, 0.05) is 18.8 Å². The number of alkyl halides is 3. The van der Waals surface area contributed by atoms with Crippen LogP contribution in [0.4, 0.5) is 18.0 Å². The minimum Gasteiger partial charge on any atom is -0.497 e. The van der Waals surface area contributed by atoms with Crippen LogP contribution in [0.5, 0.6) is 11.6 Å². The van der Waals surface area contributed by atoms with Crippen LogP contribution in [0.15, 0.2) is 36.5 Å². The minimum atomic E-state index is -4.43. The Morgan fingerprint density at radius 1 is 1.28 bits per heavy atom. The molecule has 3 rings (SSSR count). The van der Waals surface area contributed by atoms with Crippen LogP contribution in [-0.2, 0) is 13.0 Å². The minimum absolute atomic E-state index is 0. The van der Waals surface area contributed by atoms with E-state index in [-0.39, 0.29) is 31.9 Å². The maximum absolute atomic E-state index is 12.2. The van der Waals surface area contributed by atoms with Gasteiger partial charge in [0.15, 0.2) is 6.61 Å². The average molecular weight is 411 g/mol. The number of carbonyl (C=O) groups is 1. The van der Waals surface area contributed by atoms with Gasteiger partial charge in [-0.1, -0.05) is 13.5 Å². The molecule has 2 aromatic rings. The quantitative estimate of drug-likeness (QED) is 0.749. The van der Waals surface area contributed by atoms with Gasteiger partial charge in [-0.05, 0) is 47.7 Å². The van der Waals surface area contributed by atoms with Gasteiger partial charge in [0.25, 0.3) is 0 Å². The van der Waals surface area contributed by atoms with Crippen molar-refractivity contribution >= 4 is 6.03 Å². The molecule has 6 nitrogen and oxygen atoms in total. The summed E-state index contributed by atoms with van der Waals surface area (Å²) < 4.78 is 46.5. The van der Waals surface area contributed by atoms with Crippen molar-refractivity contribution in [2.24, 2.45) is 0 Å². The third kappa shape index (κ3) is 6.27. The average Bonchev–Trinajstić information content (AvgIpc) is 3.06. The van der Waals surface area contributed by atoms with E-state index in [0.29, 0.717) is 5.56 Å². The molecule has 2 amide bonds. The molecule has 1 aliphatic rings. The highest BCUT2D eigenvalue weighted by molar-refractivity contribution is 5.74. The number of nitrogens with one attached hydrogen (secondary N) is 2. The molecule has 1 aromatic heterocycles. The van der Waals surface area contributed by atoms with Gasteiger partial charge >= 0.3 is 12.2 Å². The smallest absolute Gasteiger partial charge is 0.422 e. The van der Waals surface area contributed by atoms with Crippen molar-refractivity contribution in [2.45, 2.75) is 39.0 Å². The summed E-state index contributed by atoms with van der Waals surface area (Å²) >= 11 is 0. The van der Waals surface area contributed by atoms with Crippen molar-refractivity contribution in [1.82, 2.24) is 15.6 Å². The van der Waals surface area contributed by atoms with Gasteiger partial charge in [-0.15, -0.1) is 0 Å². The van der Waals surface area contributed by atoms with Crippen LogP contribution in [0.1, 0.15) is 36.6 Å². The molecule has 29 heavy (non-hydrogen) atoms. The molecule has 0 aliphatic heterocycles. The standard InChI is InChI=1S/C19H20F3N3O3.CH4/c1-27-14-4-2-13-3-5-16(15(13)9-14)25-18(26)24-10-12-6-7-23-17(8-12)28-11-19(20,21)22;/h2,4,6-9,16H,3,5,10-11H2,1H3,(H2,24,25,26);1H4. The lowest BCUT2D eigenvalue weighted by molar-refractivity contribution is -0.154. The van der Waals surface area contributed by atoms with Crippen molar-refractivity contribution in [2.75, 3.05) is 13.7 Å². The van der Waals surface area contributed by atoms with Crippen LogP contribution in [0.2, 0.25) is 0 Å². The molecule has 0 fully saturated rings. The van der Waals surface area contributed by atoms with Crippen molar-refractivity contribution in [1.29, 1.82) is 0 Å². The maximum Gasteiger partial charge on any atom is 0.422 e. The van der Waals surface area contributed by atoms with E-state index in [1.807, 2.05) is 18.2 Å². The van der Waals surface area contributed by atoms with Gasteiger partial charge in [-0.3, -0.25) is 0 Å². The summed E-state index contributed by atoms with van der Waals surface area (Å²) in [7, 11) is 1.59. The number of carbonyl (C=O) groups excluding carboxylic acids is 1. The van der Waals surface area contributed by atoms with Gasteiger partial charge in [0.2, 0.25) is 5.88 Å². The lowest BCUT2D eigenvalue weighted by atomic mass is 10.1. The summed E-state index contributed by atoms with van der Waals surface area (Å²) in [6, 6.07) is 8.28. The Labute approximate surface area is 167 Å². The van der Waals surface area contributed by atoms with E-state index in [4.69, 9.17) is 4.74 Å². The number of methoxy groups -OCH3 is 1. The second-order valence-corrected chi connectivity index (χ2v) is 6.39. The van der Waals surface area contributed by atoms with E-state index in [1.165, 1.54) is 17.8 Å². The predicted molar refractivity (Wildman–Crippen MR) is 102 cm³/mol. The molecule has 1 heterocycles. The summed E-state index contributed by atoms with van der Waals surface area (Å²) in [6.07, 6.45) is -1.44. The van der Waals surface area contributed by atoms with Crippen LogP contribution in [0.3, 0.4) is 0 Å². The number of rotatable bonds is 6. The van der Waals surface area contributed by atoms with Crippen molar-refractivity contribution in [3.63, 3.8) is 0 Å². The first-order valence-electron chi connectivity index (χ1n) is 8.70. The topological polar surface area (TPSA) is 72.5 Å². The van der Waals surface area contributed by atoms with E-state index in [9.17, 15) is 18.0 Å². The van der Waals surface area contributed by atoms with Crippen LogP contribution >= 0.6 is 0 Å². The fourth-order valence-corrected chi connectivity index (χ4v) is 3.04. The Hall–Kier alpha value is -2.97. The van der Waals surface area contributed by atoms with E-state index in [1.54, 1.807) is 13.2 Å². The molecule has 1 aliphatic carbocycles. The molecule has 0 saturated carbocycles. The van der Waals surface area contributed by atoms with Crippen LogP contribution < -0.4 is 20.1 Å². The molecule has 9 heteroatoms. The molecule has 1 atom stereocenters.